The van der Waals surface area contributed by atoms with Crippen molar-refractivity contribution in [3.05, 3.63) is 12.7 Å². The molecule has 0 saturated heterocycles. The number of hydrogen-bond donors (Lipinski definition) is 0. The molecule has 0 saturated carbocycles. The molecule has 0 spiro atoms. The van der Waals surface area contributed by atoms with Gasteiger partial charge in [0.05, 0.1) is 27.7 Å². The molecule has 0 bridgehead atoms. The van der Waals surface area contributed by atoms with Gasteiger partial charge in [0.1, 0.15) is 0 Å². The quantitative estimate of drug-likeness (QED) is 0.396. The lowest BCUT2D eigenvalue weighted by Crippen LogP contribution is -2.33. The van der Waals surface area contributed by atoms with E-state index in [0.29, 0.717) is 0 Å². The van der Waals surface area contributed by atoms with Crippen LogP contribution in [-0.2, 0) is 4.79 Å². The van der Waals surface area contributed by atoms with Gasteiger partial charge in [-0.15, -0.1) is 0 Å². The Balaban J connectivity index is 0. The van der Waals surface area contributed by atoms with Gasteiger partial charge in [0, 0.05) is 6.92 Å². The first-order chi connectivity index (χ1) is 4.79. The summed E-state index contributed by atoms with van der Waals surface area (Å²) in [5, 5.41) is 0. The van der Waals surface area contributed by atoms with E-state index in [-0.39, 0.29) is 4.69 Å². The zero-order chi connectivity index (χ0) is 9.49. The van der Waals surface area contributed by atoms with E-state index in [2.05, 4.69) is 43.7 Å². The van der Waals surface area contributed by atoms with Gasteiger partial charge >= 0.3 is 0 Å². The zero-order valence-electron chi connectivity index (χ0n) is 7.72. The van der Waals surface area contributed by atoms with Crippen LogP contribution < -0.4 is 0 Å². The Morgan fingerprint density at radius 2 is 1.82 bits per heavy atom. The first-order valence-corrected chi connectivity index (χ1v) is 4.16. The second-order valence-electron chi connectivity index (χ2n) is 3.23. The molecule has 0 heterocycles. The fourth-order valence-electron chi connectivity index (χ4n) is 0.387. The van der Waals surface area contributed by atoms with E-state index in [1.807, 2.05) is 6.08 Å². The average Bonchev–Trinajstić information content (AvgIpc) is 1.58. The number of rotatable bonds is 2. The summed E-state index contributed by atoms with van der Waals surface area (Å²) >= 11 is 2.63. The largest absolute Gasteiger partial charge is 0.328 e. The first-order valence-electron chi connectivity index (χ1n) is 3.37. The highest BCUT2D eigenvalue weighted by Gasteiger charge is 1.99. The van der Waals surface area contributed by atoms with Crippen LogP contribution in [0.1, 0.15) is 6.92 Å². The van der Waals surface area contributed by atoms with Crippen molar-refractivity contribution in [2.24, 2.45) is 0 Å². The maximum atomic E-state index is 9.36. The fourth-order valence-corrected chi connectivity index (χ4v) is 0.387. The van der Waals surface area contributed by atoms with Gasteiger partial charge in [-0.3, -0.25) is 4.79 Å². The van der Waals surface area contributed by atoms with Gasteiger partial charge in [0.2, 0.25) is 0 Å². The second-order valence-corrected chi connectivity index (χ2v) is 4.35. The molecule has 0 aromatic heterocycles. The second kappa shape index (κ2) is 6.55. The number of halogens is 1. The number of quaternary nitrogens is 1. The van der Waals surface area contributed by atoms with E-state index in [4.69, 9.17) is 0 Å². The summed E-state index contributed by atoms with van der Waals surface area (Å²) in [5.74, 6) is 0. The molecule has 0 atom stereocenters. The van der Waals surface area contributed by atoms with Crippen molar-refractivity contribution in [1.82, 2.24) is 0 Å². The molecule has 0 rings (SSSR count). The third-order valence-corrected chi connectivity index (χ3v) is 0.677. The molecule has 2 nitrogen and oxygen atoms in total. The summed E-state index contributed by atoms with van der Waals surface area (Å²) in [6, 6.07) is 0. The third kappa shape index (κ3) is 41.0. The molecular weight excluding hydrogens is 206 g/mol. The number of carbonyl (C=O) groups is 1. The van der Waals surface area contributed by atoms with Crippen molar-refractivity contribution in [3.63, 3.8) is 0 Å². The van der Waals surface area contributed by atoms with Crippen LogP contribution in [0, 0.1) is 0 Å². The zero-order valence-corrected chi connectivity index (χ0v) is 9.31. The monoisotopic (exact) mass is 222 g/mol. The Kier molecular flexibility index (Phi) is 8.01. The molecule has 11 heavy (non-hydrogen) atoms. The summed E-state index contributed by atoms with van der Waals surface area (Å²) in [6.45, 7) is 6.12. The molecule has 0 fully saturated rings. The molecule has 66 valence electrons. The molecule has 0 aliphatic carbocycles. The van der Waals surface area contributed by atoms with Gasteiger partial charge in [0.25, 0.3) is 0 Å². The van der Waals surface area contributed by atoms with Gasteiger partial charge in [-0.1, -0.05) is 6.58 Å². The highest BCUT2D eigenvalue weighted by Crippen LogP contribution is 1.86. The summed E-state index contributed by atoms with van der Waals surface area (Å²) in [7, 11) is 6.42. The standard InChI is InChI=1S/C6H14N.C2H3BrO/c1-5-6-7(2,3)4;1-2(3)4/h5H,1,6H2,2-4H3;1H3/q+1;. The Morgan fingerprint density at radius 3 is 1.82 bits per heavy atom. The maximum absolute atomic E-state index is 9.36. The first kappa shape index (κ1) is 13.4. The number of nitrogens with zero attached hydrogens (tertiary/aromatic N) is 1. The fraction of sp³-hybridized carbons (Fsp3) is 0.625. The van der Waals surface area contributed by atoms with E-state index in [0.717, 1.165) is 11.0 Å². The number of carbonyl (C=O) groups excluding carboxylic acids is 1. The van der Waals surface area contributed by atoms with Gasteiger partial charge in [-0.25, -0.2) is 0 Å². The summed E-state index contributed by atoms with van der Waals surface area (Å²) in [4.78, 5) is 9.36. The van der Waals surface area contributed by atoms with E-state index in [9.17, 15) is 4.79 Å². The van der Waals surface area contributed by atoms with E-state index in [1.54, 1.807) is 0 Å². The predicted octanol–water partition coefficient (Wildman–Crippen LogP) is 1.81. The molecule has 0 aromatic carbocycles. The highest BCUT2D eigenvalue weighted by molar-refractivity contribution is 9.18. The Hall–Kier alpha value is -0.150. The highest BCUT2D eigenvalue weighted by atomic mass is 79.9. The van der Waals surface area contributed by atoms with Crippen LogP contribution >= 0.6 is 15.9 Å². The molecule has 0 radical (unpaired) electrons. The van der Waals surface area contributed by atoms with Crippen LogP contribution in [0.2, 0.25) is 0 Å². The van der Waals surface area contributed by atoms with Gasteiger partial charge in [-0.2, -0.15) is 0 Å². The van der Waals surface area contributed by atoms with Crippen LogP contribution in [0.25, 0.3) is 0 Å². The van der Waals surface area contributed by atoms with Crippen molar-refractivity contribution >= 4 is 20.6 Å². The minimum Gasteiger partial charge on any atom is -0.328 e. The van der Waals surface area contributed by atoms with Gasteiger partial charge in [0.15, 0.2) is 4.69 Å². The van der Waals surface area contributed by atoms with E-state index < -0.39 is 0 Å². The smallest absolute Gasteiger partial charge is 0.194 e. The number of hydrogen-bond acceptors (Lipinski definition) is 1. The molecule has 0 aromatic rings. The Bertz CT molecular complexity index is 123. The molecule has 0 amide bonds. The summed E-state index contributed by atoms with van der Waals surface area (Å²) in [6.07, 6.45) is 1.93. The van der Waals surface area contributed by atoms with Gasteiger partial charge in [-0.05, 0) is 22.0 Å². The maximum Gasteiger partial charge on any atom is 0.194 e. The Morgan fingerprint density at radius 1 is 1.55 bits per heavy atom. The van der Waals surface area contributed by atoms with E-state index in [1.165, 1.54) is 6.92 Å². The topological polar surface area (TPSA) is 17.1 Å². The normalized spacial score (nSPS) is 9.55. The lowest BCUT2D eigenvalue weighted by Gasteiger charge is -2.21. The Labute approximate surface area is 77.6 Å². The van der Waals surface area contributed by atoms with Crippen LogP contribution in [0.3, 0.4) is 0 Å². The van der Waals surface area contributed by atoms with Crippen molar-refractivity contribution in [3.8, 4) is 0 Å². The van der Waals surface area contributed by atoms with Crippen molar-refractivity contribution in [1.29, 1.82) is 0 Å². The van der Waals surface area contributed by atoms with Crippen molar-refractivity contribution < 1.29 is 9.28 Å². The third-order valence-electron chi connectivity index (χ3n) is 0.677. The number of likely N-dealkylation sites (N-methyl/N-ethyl adjacent to an activating group) is 1. The van der Waals surface area contributed by atoms with Crippen LogP contribution in [0.15, 0.2) is 12.7 Å². The van der Waals surface area contributed by atoms with E-state index >= 15 is 0 Å². The minimum absolute atomic E-state index is 0.0208. The minimum atomic E-state index is -0.0208. The van der Waals surface area contributed by atoms with Crippen LogP contribution in [0.5, 0.6) is 0 Å². The summed E-state index contributed by atoms with van der Waals surface area (Å²) in [5.41, 5.74) is 0. The molecule has 3 heteroatoms. The SMILES string of the molecule is C=CC[N+](C)(C)C.CC(=O)Br. The van der Waals surface area contributed by atoms with Crippen LogP contribution in [-0.4, -0.2) is 36.9 Å². The van der Waals surface area contributed by atoms with Gasteiger partial charge < -0.3 is 4.48 Å². The summed E-state index contributed by atoms with van der Waals surface area (Å²) < 4.78 is 0.955. The van der Waals surface area contributed by atoms with Crippen molar-refractivity contribution in [2.45, 2.75) is 6.92 Å². The molecule has 0 unspecified atom stereocenters. The van der Waals surface area contributed by atoms with Crippen molar-refractivity contribution in [2.75, 3.05) is 27.7 Å². The predicted molar refractivity (Wildman–Crippen MR) is 52.7 cm³/mol. The average molecular weight is 223 g/mol. The lowest BCUT2D eigenvalue weighted by atomic mass is 10.5. The molecular formula is C8H17BrNO+. The molecule has 0 aliphatic rings. The molecule has 0 N–H and O–H groups in total. The van der Waals surface area contributed by atoms with Crippen LogP contribution in [0.4, 0.5) is 0 Å². The molecule has 0 aliphatic heterocycles. The lowest BCUT2D eigenvalue weighted by molar-refractivity contribution is -0.864.